The van der Waals surface area contributed by atoms with Crippen LogP contribution in [0.2, 0.25) is 0 Å². The summed E-state index contributed by atoms with van der Waals surface area (Å²) in [6, 6.07) is 11.3. The van der Waals surface area contributed by atoms with Gasteiger partial charge in [0.2, 0.25) is 5.91 Å². The lowest BCUT2D eigenvalue weighted by Gasteiger charge is -2.34. The maximum atomic E-state index is 12.8. The second kappa shape index (κ2) is 8.74. The van der Waals surface area contributed by atoms with Crippen LogP contribution in [0.5, 0.6) is 0 Å². The van der Waals surface area contributed by atoms with Gasteiger partial charge in [0.25, 0.3) is 5.91 Å². The number of rotatable bonds is 5. The Morgan fingerprint density at radius 2 is 1.97 bits per heavy atom. The van der Waals surface area contributed by atoms with E-state index in [0.717, 1.165) is 62.3 Å². The fraction of sp³-hybridized carbons (Fsp3) is 0.435. The van der Waals surface area contributed by atoms with Gasteiger partial charge in [-0.2, -0.15) is 0 Å². The van der Waals surface area contributed by atoms with Gasteiger partial charge in [-0.05, 0) is 48.9 Å². The maximum absolute atomic E-state index is 12.8. The quantitative estimate of drug-likeness (QED) is 0.848. The predicted octanol–water partition coefficient (Wildman–Crippen LogP) is 2.72. The molecule has 3 heterocycles. The van der Waals surface area contributed by atoms with Crippen LogP contribution in [-0.2, 0) is 11.4 Å². The molecule has 0 bridgehead atoms. The number of nitrogens with zero attached hydrogens (tertiary/aromatic N) is 3. The Labute approximate surface area is 171 Å². The molecule has 2 amide bonds. The van der Waals surface area contributed by atoms with E-state index in [2.05, 4.69) is 4.98 Å². The molecule has 2 fully saturated rings. The van der Waals surface area contributed by atoms with Gasteiger partial charge in [0.1, 0.15) is 0 Å². The zero-order chi connectivity index (χ0) is 20.2. The molecule has 0 spiro atoms. The first-order valence-corrected chi connectivity index (χ1v) is 10.4. The minimum atomic E-state index is -0.00765. The first kappa shape index (κ1) is 19.6. The smallest absolute Gasteiger partial charge is 0.255 e. The molecule has 1 N–H and O–H groups in total. The molecule has 2 aliphatic heterocycles. The molecule has 0 aliphatic carbocycles. The Bertz CT molecular complexity index is 873. The normalized spacial score (nSPS) is 17.8. The Balaban J connectivity index is 1.34. The molecule has 0 atom stereocenters. The van der Waals surface area contributed by atoms with Gasteiger partial charge in [-0.25, -0.2) is 0 Å². The summed E-state index contributed by atoms with van der Waals surface area (Å²) in [6.45, 7) is 3.17. The van der Waals surface area contributed by atoms with E-state index in [1.807, 2.05) is 46.2 Å². The van der Waals surface area contributed by atoms with Crippen molar-refractivity contribution in [2.24, 2.45) is 5.92 Å². The summed E-state index contributed by atoms with van der Waals surface area (Å²) in [6.07, 6.45) is 5.18. The number of hydrogen-bond donors (Lipinski definition) is 1. The number of pyridine rings is 1. The van der Waals surface area contributed by atoms with E-state index in [-0.39, 0.29) is 18.4 Å². The molecule has 1 aromatic carbocycles. The summed E-state index contributed by atoms with van der Waals surface area (Å²) >= 11 is 0. The minimum absolute atomic E-state index is 0.00765. The summed E-state index contributed by atoms with van der Waals surface area (Å²) in [5, 5.41) is 9.29. The van der Waals surface area contributed by atoms with Gasteiger partial charge < -0.3 is 14.9 Å². The molecule has 1 aromatic heterocycles. The van der Waals surface area contributed by atoms with E-state index in [4.69, 9.17) is 0 Å². The lowest BCUT2D eigenvalue weighted by atomic mass is 9.95. The summed E-state index contributed by atoms with van der Waals surface area (Å²) < 4.78 is 0. The fourth-order valence-electron chi connectivity index (χ4n) is 4.23. The molecule has 29 heavy (non-hydrogen) atoms. The van der Waals surface area contributed by atoms with E-state index >= 15 is 0 Å². The maximum Gasteiger partial charge on any atom is 0.255 e. The molecule has 2 aromatic rings. The number of hydrogen-bond acceptors (Lipinski definition) is 4. The highest BCUT2D eigenvalue weighted by Gasteiger charge is 2.28. The van der Waals surface area contributed by atoms with Crippen molar-refractivity contribution >= 4 is 11.8 Å². The first-order chi connectivity index (χ1) is 14.1. The second-order valence-corrected chi connectivity index (χ2v) is 7.97. The molecular formula is C23H27N3O3. The number of aromatic nitrogens is 1. The predicted molar refractivity (Wildman–Crippen MR) is 110 cm³/mol. The Hall–Kier alpha value is -2.73. The number of piperidine rings is 1. The number of carbonyl (C=O) groups excluding carboxylic acids is 2. The van der Waals surface area contributed by atoms with Crippen LogP contribution < -0.4 is 0 Å². The van der Waals surface area contributed by atoms with E-state index in [0.29, 0.717) is 17.9 Å². The van der Waals surface area contributed by atoms with Gasteiger partial charge in [-0.15, -0.1) is 0 Å². The van der Waals surface area contributed by atoms with Crippen molar-refractivity contribution in [3.05, 3.63) is 53.7 Å². The highest BCUT2D eigenvalue weighted by molar-refractivity contribution is 5.94. The fourth-order valence-corrected chi connectivity index (χ4v) is 4.23. The van der Waals surface area contributed by atoms with E-state index in [1.54, 1.807) is 6.20 Å². The highest BCUT2D eigenvalue weighted by Crippen LogP contribution is 2.23. The van der Waals surface area contributed by atoms with Crippen LogP contribution in [0.25, 0.3) is 11.3 Å². The third kappa shape index (κ3) is 4.48. The molecule has 152 valence electrons. The Morgan fingerprint density at radius 1 is 1.14 bits per heavy atom. The van der Waals surface area contributed by atoms with Crippen molar-refractivity contribution in [3.63, 3.8) is 0 Å². The van der Waals surface area contributed by atoms with Gasteiger partial charge >= 0.3 is 0 Å². The lowest BCUT2D eigenvalue weighted by molar-refractivity contribution is -0.128. The summed E-state index contributed by atoms with van der Waals surface area (Å²) in [5.41, 5.74) is 3.14. The second-order valence-electron chi connectivity index (χ2n) is 7.97. The number of likely N-dealkylation sites (tertiary alicyclic amines) is 2. The molecule has 2 aliphatic rings. The Kier molecular flexibility index (Phi) is 5.90. The molecule has 4 rings (SSSR count). The van der Waals surface area contributed by atoms with Gasteiger partial charge in [-0.3, -0.25) is 14.6 Å². The van der Waals surface area contributed by atoms with Crippen molar-refractivity contribution in [2.75, 3.05) is 26.2 Å². The number of benzene rings is 1. The van der Waals surface area contributed by atoms with Crippen LogP contribution >= 0.6 is 0 Å². The Morgan fingerprint density at radius 3 is 2.62 bits per heavy atom. The largest absolute Gasteiger partial charge is 0.392 e. The topological polar surface area (TPSA) is 73.7 Å². The van der Waals surface area contributed by atoms with E-state index < -0.39 is 0 Å². The third-order valence-electron chi connectivity index (χ3n) is 5.97. The molecule has 2 saturated heterocycles. The van der Waals surface area contributed by atoms with Crippen LogP contribution in [-0.4, -0.2) is 57.9 Å². The zero-order valence-corrected chi connectivity index (χ0v) is 16.6. The summed E-state index contributed by atoms with van der Waals surface area (Å²) in [5.74, 6) is 0.781. The van der Waals surface area contributed by atoms with Gasteiger partial charge in [-0.1, -0.05) is 18.2 Å². The molecule has 0 saturated carbocycles. The van der Waals surface area contributed by atoms with Gasteiger partial charge in [0.15, 0.2) is 0 Å². The average Bonchev–Trinajstić information content (AvgIpc) is 3.18. The van der Waals surface area contributed by atoms with Crippen LogP contribution in [0.4, 0.5) is 0 Å². The van der Waals surface area contributed by atoms with E-state index in [1.165, 1.54) is 0 Å². The van der Waals surface area contributed by atoms with Crippen LogP contribution in [0, 0.1) is 5.92 Å². The standard InChI is InChI=1S/C23H27N3O3/c27-16-18-3-1-4-19(13-18)21-7-6-20(14-24-21)23(29)25-11-8-17(9-12-25)15-26-10-2-5-22(26)28/h1,3-4,6-7,13-14,17,27H,2,5,8-12,15-16H2. The average molecular weight is 393 g/mol. The van der Waals surface area contributed by atoms with Crippen molar-refractivity contribution < 1.29 is 14.7 Å². The molecule has 0 unspecified atom stereocenters. The SMILES string of the molecule is O=C1CCCN1CC1CCN(C(=O)c2ccc(-c3cccc(CO)c3)nc2)CC1. The lowest BCUT2D eigenvalue weighted by Crippen LogP contribution is -2.41. The van der Waals surface area contributed by atoms with Crippen molar-refractivity contribution in [3.8, 4) is 11.3 Å². The van der Waals surface area contributed by atoms with Gasteiger partial charge in [0.05, 0.1) is 17.9 Å². The number of aliphatic hydroxyl groups is 1. The van der Waals surface area contributed by atoms with Crippen LogP contribution in [0.15, 0.2) is 42.6 Å². The van der Waals surface area contributed by atoms with Gasteiger partial charge in [0, 0.05) is 44.4 Å². The van der Waals surface area contributed by atoms with Crippen molar-refractivity contribution in [2.45, 2.75) is 32.3 Å². The molecular weight excluding hydrogens is 366 g/mol. The monoisotopic (exact) mass is 393 g/mol. The summed E-state index contributed by atoms with van der Waals surface area (Å²) in [4.78, 5) is 33.0. The first-order valence-electron chi connectivity index (χ1n) is 10.4. The zero-order valence-electron chi connectivity index (χ0n) is 16.6. The van der Waals surface area contributed by atoms with Crippen molar-refractivity contribution in [1.29, 1.82) is 0 Å². The third-order valence-corrected chi connectivity index (χ3v) is 5.97. The number of aliphatic hydroxyl groups excluding tert-OH is 1. The van der Waals surface area contributed by atoms with Crippen molar-refractivity contribution in [1.82, 2.24) is 14.8 Å². The minimum Gasteiger partial charge on any atom is -0.392 e. The molecule has 0 radical (unpaired) electrons. The van der Waals surface area contributed by atoms with Crippen LogP contribution in [0.1, 0.15) is 41.6 Å². The molecule has 6 heteroatoms. The van der Waals surface area contributed by atoms with E-state index in [9.17, 15) is 14.7 Å². The number of carbonyl (C=O) groups is 2. The molecule has 6 nitrogen and oxygen atoms in total. The van der Waals surface area contributed by atoms with Crippen LogP contribution in [0.3, 0.4) is 0 Å². The highest BCUT2D eigenvalue weighted by atomic mass is 16.3. The summed E-state index contributed by atoms with van der Waals surface area (Å²) in [7, 11) is 0. The number of amides is 2.